The van der Waals surface area contributed by atoms with E-state index < -0.39 is 5.97 Å². The lowest BCUT2D eigenvalue weighted by atomic mass is 10.2. The summed E-state index contributed by atoms with van der Waals surface area (Å²) in [5.74, 6) is -0.362. The molecule has 0 spiro atoms. The molecule has 19 heavy (non-hydrogen) atoms. The maximum Gasteiger partial charge on any atom is 0.307 e. The van der Waals surface area contributed by atoms with Crippen LogP contribution in [0.2, 0.25) is 5.02 Å². The summed E-state index contributed by atoms with van der Waals surface area (Å²) in [7, 11) is 0. The fourth-order valence-corrected chi connectivity index (χ4v) is 1.79. The Morgan fingerprint density at radius 2 is 2.05 bits per heavy atom. The molecule has 1 unspecified atom stereocenters. The number of hydrogen-bond acceptors (Lipinski definition) is 3. The van der Waals surface area contributed by atoms with Crippen molar-refractivity contribution >= 4 is 17.6 Å². The first-order valence-electron chi connectivity index (χ1n) is 6.36. The zero-order valence-electron chi connectivity index (χ0n) is 11.3. The largest absolute Gasteiger partial charge is 0.492 e. The van der Waals surface area contributed by atoms with Gasteiger partial charge in [-0.25, -0.2) is 0 Å². The summed E-state index contributed by atoms with van der Waals surface area (Å²) in [6.07, 6.45) is 0. The van der Waals surface area contributed by atoms with Gasteiger partial charge in [0.2, 0.25) is 0 Å². The second-order valence-corrected chi connectivity index (χ2v) is 4.87. The van der Waals surface area contributed by atoms with Gasteiger partial charge in [0.15, 0.2) is 0 Å². The van der Waals surface area contributed by atoms with E-state index >= 15 is 0 Å². The first-order chi connectivity index (χ1) is 9.02. The van der Waals surface area contributed by atoms with Crippen molar-refractivity contribution < 1.29 is 14.6 Å². The normalized spacial score (nSPS) is 12.4. The molecule has 0 radical (unpaired) electrons. The minimum Gasteiger partial charge on any atom is -0.492 e. The quantitative estimate of drug-likeness (QED) is 0.798. The van der Waals surface area contributed by atoms with Crippen molar-refractivity contribution in [3.63, 3.8) is 0 Å². The molecule has 1 aromatic carbocycles. The third-order valence-electron chi connectivity index (χ3n) is 2.89. The number of hydrogen-bond donors (Lipinski definition) is 1. The highest BCUT2D eigenvalue weighted by Gasteiger charge is 2.14. The molecule has 1 rings (SSSR count). The van der Waals surface area contributed by atoms with E-state index in [0.29, 0.717) is 24.7 Å². The van der Waals surface area contributed by atoms with Crippen molar-refractivity contribution in [3.8, 4) is 5.75 Å². The average molecular weight is 286 g/mol. The summed E-state index contributed by atoms with van der Waals surface area (Å²) >= 11 is 5.79. The minimum absolute atomic E-state index is 0.365. The Bertz CT molecular complexity index is 394. The van der Waals surface area contributed by atoms with Crippen LogP contribution in [0.4, 0.5) is 0 Å². The lowest BCUT2D eigenvalue weighted by molar-refractivity contribution is -0.141. The fraction of sp³-hybridized carbons (Fsp3) is 0.500. The molecule has 0 saturated heterocycles. The van der Waals surface area contributed by atoms with E-state index in [4.69, 9.17) is 21.4 Å². The molecule has 0 fully saturated rings. The molecule has 0 heterocycles. The molecule has 0 amide bonds. The van der Waals surface area contributed by atoms with Crippen LogP contribution >= 0.6 is 11.6 Å². The van der Waals surface area contributed by atoms with Crippen LogP contribution in [0.25, 0.3) is 0 Å². The van der Waals surface area contributed by atoms with Crippen LogP contribution in [-0.2, 0) is 4.79 Å². The number of benzene rings is 1. The Morgan fingerprint density at radius 3 is 2.58 bits per heavy atom. The van der Waals surface area contributed by atoms with Gasteiger partial charge in [-0.2, -0.15) is 0 Å². The Labute approximate surface area is 118 Å². The van der Waals surface area contributed by atoms with Crippen molar-refractivity contribution in [1.82, 2.24) is 4.90 Å². The molecule has 0 aromatic heterocycles. The smallest absolute Gasteiger partial charge is 0.307 e. The molecule has 0 aliphatic heterocycles. The molecule has 0 aliphatic rings. The van der Waals surface area contributed by atoms with Crippen LogP contribution in [0.5, 0.6) is 5.75 Å². The van der Waals surface area contributed by atoms with E-state index in [0.717, 1.165) is 12.3 Å². The third-order valence-corrected chi connectivity index (χ3v) is 3.14. The van der Waals surface area contributed by atoms with Crippen LogP contribution in [-0.4, -0.2) is 42.2 Å². The number of carbonyl (C=O) groups is 1. The predicted molar refractivity (Wildman–Crippen MR) is 75.9 cm³/mol. The molecule has 1 N–H and O–H groups in total. The molecule has 1 atom stereocenters. The summed E-state index contributed by atoms with van der Waals surface area (Å²) in [4.78, 5) is 12.9. The standard InChI is InChI=1S/C14H20ClNO3/c1-3-16(10-11(2)14(17)18)8-9-19-13-6-4-12(15)5-7-13/h4-7,11H,3,8-10H2,1-2H3,(H,17,18). The summed E-state index contributed by atoms with van der Waals surface area (Å²) in [6, 6.07) is 7.19. The summed E-state index contributed by atoms with van der Waals surface area (Å²) in [5, 5.41) is 9.56. The van der Waals surface area contributed by atoms with E-state index in [9.17, 15) is 4.79 Å². The molecular weight excluding hydrogens is 266 g/mol. The van der Waals surface area contributed by atoms with Crippen molar-refractivity contribution in [3.05, 3.63) is 29.3 Å². The molecule has 1 aromatic rings. The third kappa shape index (κ3) is 5.94. The molecular formula is C14H20ClNO3. The highest BCUT2D eigenvalue weighted by Crippen LogP contribution is 2.15. The Balaban J connectivity index is 2.33. The lowest BCUT2D eigenvalue weighted by Crippen LogP contribution is -2.34. The maximum absolute atomic E-state index is 10.8. The Kier molecular flexibility index (Phi) is 6.67. The van der Waals surface area contributed by atoms with Crippen molar-refractivity contribution in [2.24, 2.45) is 5.92 Å². The minimum atomic E-state index is -0.767. The van der Waals surface area contributed by atoms with Gasteiger partial charge >= 0.3 is 5.97 Å². The number of carboxylic acid groups (broad SMARTS) is 1. The van der Waals surface area contributed by atoms with Crippen LogP contribution in [0.3, 0.4) is 0 Å². The number of likely N-dealkylation sites (N-methyl/N-ethyl adjacent to an activating group) is 1. The van der Waals surface area contributed by atoms with Crippen molar-refractivity contribution in [2.45, 2.75) is 13.8 Å². The van der Waals surface area contributed by atoms with Gasteiger partial charge in [-0.05, 0) is 30.8 Å². The topological polar surface area (TPSA) is 49.8 Å². The number of ether oxygens (including phenoxy) is 1. The maximum atomic E-state index is 10.8. The second-order valence-electron chi connectivity index (χ2n) is 4.43. The highest BCUT2D eigenvalue weighted by molar-refractivity contribution is 6.30. The van der Waals surface area contributed by atoms with Gasteiger partial charge < -0.3 is 9.84 Å². The highest BCUT2D eigenvalue weighted by atomic mass is 35.5. The Hall–Kier alpha value is -1.26. The fourth-order valence-electron chi connectivity index (χ4n) is 1.67. The predicted octanol–water partition coefficient (Wildman–Crippen LogP) is 2.76. The van der Waals surface area contributed by atoms with Gasteiger partial charge in [-0.1, -0.05) is 25.4 Å². The van der Waals surface area contributed by atoms with E-state index in [2.05, 4.69) is 4.90 Å². The molecule has 0 bridgehead atoms. The molecule has 106 valence electrons. The summed E-state index contributed by atoms with van der Waals surface area (Å²) in [5.41, 5.74) is 0. The van der Waals surface area contributed by atoms with E-state index in [1.165, 1.54) is 0 Å². The number of nitrogens with zero attached hydrogens (tertiary/aromatic N) is 1. The number of carboxylic acids is 1. The van der Waals surface area contributed by atoms with Crippen LogP contribution < -0.4 is 4.74 Å². The number of aliphatic carboxylic acids is 1. The van der Waals surface area contributed by atoms with Crippen LogP contribution in [0, 0.1) is 5.92 Å². The summed E-state index contributed by atoms with van der Waals surface area (Å²) < 4.78 is 5.59. The Morgan fingerprint density at radius 1 is 1.42 bits per heavy atom. The zero-order valence-corrected chi connectivity index (χ0v) is 12.1. The molecule has 0 saturated carbocycles. The van der Waals surface area contributed by atoms with Gasteiger partial charge in [0.25, 0.3) is 0 Å². The van der Waals surface area contributed by atoms with Gasteiger partial charge in [-0.3, -0.25) is 9.69 Å². The van der Waals surface area contributed by atoms with E-state index in [1.807, 2.05) is 19.1 Å². The average Bonchev–Trinajstić information content (AvgIpc) is 2.39. The van der Waals surface area contributed by atoms with E-state index in [-0.39, 0.29) is 5.92 Å². The van der Waals surface area contributed by atoms with Crippen molar-refractivity contribution in [2.75, 3.05) is 26.2 Å². The van der Waals surface area contributed by atoms with Gasteiger partial charge in [-0.15, -0.1) is 0 Å². The van der Waals surface area contributed by atoms with Gasteiger partial charge in [0.1, 0.15) is 12.4 Å². The monoisotopic (exact) mass is 285 g/mol. The van der Waals surface area contributed by atoms with Crippen LogP contribution in [0.1, 0.15) is 13.8 Å². The SMILES string of the molecule is CCN(CCOc1ccc(Cl)cc1)CC(C)C(=O)O. The van der Waals surface area contributed by atoms with Crippen molar-refractivity contribution in [1.29, 1.82) is 0 Å². The van der Waals surface area contributed by atoms with Gasteiger partial charge in [0.05, 0.1) is 5.92 Å². The molecule has 0 aliphatic carbocycles. The van der Waals surface area contributed by atoms with Crippen LogP contribution in [0.15, 0.2) is 24.3 Å². The van der Waals surface area contributed by atoms with E-state index in [1.54, 1.807) is 19.1 Å². The zero-order chi connectivity index (χ0) is 14.3. The summed E-state index contributed by atoms with van der Waals surface area (Å²) in [6.45, 7) is 6.30. The molecule has 5 heteroatoms. The number of rotatable bonds is 8. The second kappa shape index (κ2) is 8.02. The lowest BCUT2D eigenvalue weighted by Gasteiger charge is -2.22. The molecule has 4 nitrogen and oxygen atoms in total. The first-order valence-corrected chi connectivity index (χ1v) is 6.74. The first kappa shape index (κ1) is 15.8. The number of halogens is 1. The van der Waals surface area contributed by atoms with Gasteiger partial charge in [0, 0.05) is 18.1 Å².